The van der Waals surface area contributed by atoms with E-state index in [9.17, 15) is 14.4 Å². The molecule has 0 aliphatic heterocycles. The molecule has 6 nitrogen and oxygen atoms in total. The third-order valence-corrected chi connectivity index (χ3v) is 5.24. The van der Waals surface area contributed by atoms with Gasteiger partial charge in [0, 0.05) is 34.6 Å². The van der Waals surface area contributed by atoms with Crippen molar-refractivity contribution >= 4 is 34.8 Å². The van der Waals surface area contributed by atoms with Crippen molar-refractivity contribution < 1.29 is 14.4 Å². The van der Waals surface area contributed by atoms with Crippen LogP contribution < -0.4 is 16.0 Å². The van der Waals surface area contributed by atoms with E-state index in [-0.39, 0.29) is 17.7 Å². The second-order valence-electron chi connectivity index (χ2n) is 7.88. The SMILES string of the molecule is CCCCCC(=O)Nc1ccc(C(=O)Nc2ccc(C(=O)Nc3ccccc3C)cc2)cc1. The maximum absolute atomic E-state index is 12.5. The van der Waals surface area contributed by atoms with Crippen LogP contribution in [0.3, 0.4) is 0 Å². The van der Waals surface area contributed by atoms with E-state index < -0.39 is 0 Å². The highest BCUT2D eigenvalue weighted by Gasteiger charge is 2.10. The molecule has 0 atom stereocenters. The zero-order valence-electron chi connectivity index (χ0n) is 19.0. The number of benzene rings is 3. The van der Waals surface area contributed by atoms with Crippen molar-refractivity contribution in [2.24, 2.45) is 0 Å². The Balaban J connectivity index is 1.54. The van der Waals surface area contributed by atoms with Crippen LogP contribution in [0.25, 0.3) is 0 Å². The molecule has 3 aromatic rings. The summed E-state index contributed by atoms with van der Waals surface area (Å²) in [5.41, 5.74) is 3.96. The van der Waals surface area contributed by atoms with E-state index in [1.54, 1.807) is 48.5 Å². The zero-order chi connectivity index (χ0) is 23.6. The fraction of sp³-hybridized carbons (Fsp3) is 0.222. The van der Waals surface area contributed by atoms with Gasteiger partial charge in [0.05, 0.1) is 0 Å². The molecule has 3 aromatic carbocycles. The summed E-state index contributed by atoms with van der Waals surface area (Å²) >= 11 is 0. The monoisotopic (exact) mass is 443 g/mol. The van der Waals surface area contributed by atoms with Crippen LogP contribution in [-0.4, -0.2) is 17.7 Å². The van der Waals surface area contributed by atoms with E-state index >= 15 is 0 Å². The Kier molecular flexibility index (Phi) is 8.36. The first kappa shape index (κ1) is 23.7. The van der Waals surface area contributed by atoms with Gasteiger partial charge in [0.15, 0.2) is 0 Å². The summed E-state index contributed by atoms with van der Waals surface area (Å²) in [4.78, 5) is 36.9. The number of amides is 3. The Labute approximate surface area is 194 Å². The van der Waals surface area contributed by atoms with Gasteiger partial charge in [-0.1, -0.05) is 38.0 Å². The van der Waals surface area contributed by atoms with Crippen LogP contribution in [-0.2, 0) is 4.79 Å². The molecule has 0 unspecified atom stereocenters. The molecule has 0 radical (unpaired) electrons. The summed E-state index contributed by atoms with van der Waals surface area (Å²) in [5, 5.41) is 8.55. The number of aryl methyl sites for hydroxylation is 1. The summed E-state index contributed by atoms with van der Waals surface area (Å²) in [6.07, 6.45) is 3.47. The lowest BCUT2D eigenvalue weighted by Crippen LogP contribution is -2.14. The van der Waals surface area contributed by atoms with E-state index in [1.807, 2.05) is 31.2 Å². The summed E-state index contributed by atoms with van der Waals surface area (Å²) in [7, 11) is 0. The van der Waals surface area contributed by atoms with Crippen molar-refractivity contribution in [3.05, 3.63) is 89.5 Å². The maximum atomic E-state index is 12.5. The number of para-hydroxylation sites is 1. The molecule has 0 heterocycles. The third-order valence-electron chi connectivity index (χ3n) is 5.24. The largest absolute Gasteiger partial charge is 0.326 e. The van der Waals surface area contributed by atoms with Crippen molar-refractivity contribution in [3.8, 4) is 0 Å². The van der Waals surface area contributed by atoms with Crippen LogP contribution >= 0.6 is 0 Å². The van der Waals surface area contributed by atoms with E-state index in [2.05, 4.69) is 22.9 Å². The van der Waals surface area contributed by atoms with Crippen LogP contribution in [0.4, 0.5) is 17.1 Å². The first-order valence-corrected chi connectivity index (χ1v) is 11.1. The number of carbonyl (C=O) groups excluding carboxylic acids is 3. The van der Waals surface area contributed by atoms with Crippen molar-refractivity contribution in [2.75, 3.05) is 16.0 Å². The van der Waals surface area contributed by atoms with Crippen molar-refractivity contribution in [1.82, 2.24) is 0 Å². The lowest BCUT2D eigenvalue weighted by molar-refractivity contribution is -0.116. The quantitative estimate of drug-likeness (QED) is 0.354. The van der Waals surface area contributed by atoms with E-state index in [4.69, 9.17) is 0 Å². The van der Waals surface area contributed by atoms with E-state index in [0.717, 1.165) is 30.5 Å². The lowest BCUT2D eigenvalue weighted by atomic mass is 10.1. The first-order valence-electron chi connectivity index (χ1n) is 11.1. The Morgan fingerprint density at radius 3 is 1.79 bits per heavy atom. The molecular weight excluding hydrogens is 414 g/mol. The second kappa shape index (κ2) is 11.6. The summed E-state index contributed by atoms with van der Waals surface area (Å²) in [5.74, 6) is -0.505. The summed E-state index contributed by atoms with van der Waals surface area (Å²) < 4.78 is 0. The van der Waals surface area contributed by atoms with Gasteiger partial charge in [-0.05, 0) is 73.5 Å². The minimum Gasteiger partial charge on any atom is -0.326 e. The molecule has 0 fully saturated rings. The fourth-order valence-electron chi connectivity index (χ4n) is 3.28. The van der Waals surface area contributed by atoms with E-state index in [1.165, 1.54) is 0 Å². The molecule has 3 N–H and O–H groups in total. The van der Waals surface area contributed by atoms with E-state index in [0.29, 0.717) is 28.9 Å². The Bertz CT molecular complexity index is 1110. The number of unbranched alkanes of at least 4 members (excludes halogenated alkanes) is 2. The Morgan fingerprint density at radius 2 is 1.21 bits per heavy atom. The van der Waals surface area contributed by atoms with Crippen molar-refractivity contribution in [3.63, 3.8) is 0 Å². The molecule has 0 saturated carbocycles. The second-order valence-corrected chi connectivity index (χ2v) is 7.88. The van der Waals surface area contributed by atoms with Gasteiger partial charge in [0.1, 0.15) is 0 Å². The fourth-order valence-corrected chi connectivity index (χ4v) is 3.28. The minimum absolute atomic E-state index is 0.0211. The number of carbonyl (C=O) groups is 3. The number of hydrogen-bond acceptors (Lipinski definition) is 3. The average molecular weight is 444 g/mol. The Morgan fingerprint density at radius 1 is 0.667 bits per heavy atom. The normalized spacial score (nSPS) is 10.4. The number of anilines is 3. The molecular formula is C27H29N3O3. The van der Waals surface area contributed by atoms with Gasteiger partial charge in [0.2, 0.25) is 5.91 Å². The molecule has 0 saturated heterocycles. The van der Waals surface area contributed by atoms with Crippen LogP contribution in [0.1, 0.15) is 58.9 Å². The van der Waals surface area contributed by atoms with Gasteiger partial charge in [-0.15, -0.1) is 0 Å². The van der Waals surface area contributed by atoms with Crippen molar-refractivity contribution in [2.45, 2.75) is 39.5 Å². The molecule has 0 bridgehead atoms. The highest BCUT2D eigenvalue weighted by atomic mass is 16.2. The van der Waals surface area contributed by atoms with Gasteiger partial charge < -0.3 is 16.0 Å². The molecule has 0 spiro atoms. The molecule has 0 aliphatic carbocycles. The lowest BCUT2D eigenvalue weighted by Gasteiger charge is -2.10. The molecule has 0 aliphatic rings. The number of nitrogens with one attached hydrogen (secondary N) is 3. The standard InChI is InChI=1S/C27H29N3O3/c1-3-4-5-10-25(31)28-22-15-11-20(12-16-22)26(32)29-23-17-13-21(14-18-23)27(33)30-24-9-7-6-8-19(24)2/h6-9,11-18H,3-5,10H2,1-2H3,(H,28,31)(H,29,32)(H,30,33). The van der Waals surface area contributed by atoms with Crippen LogP contribution in [0.15, 0.2) is 72.8 Å². The molecule has 33 heavy (non-hydrogen) atoms. The maximum Gasteiger partial charge on any atom is 0.255 e. The molecule has 6 heteroatoms. The van der Waals surface area contributed by atoms with Gasteiger partial charge in [0.25, 0.3) is 11.8 Å². The molecule has 170 valence electrons. The van der Waals surface area contributed by atoms with Crippen molar-refractivity contribution in [1.29, 1.82) is 0 Å². The average Bonchev–Trinajstić information content (AvgIpc) is 2.81. The Hall–Kier alpha value is -3.93. The first-order chi connectivity index (χ1) is 16.0. The molecule has 0 aromatic heterocycles. The third kappa shape index (κ3) is 7.04. The van der Waals surface area contributed by atoms with Crippen LogP contribution in [0.2, 0.25) is 0 Å². The van der Waals surface area contributed by atoms with Crippen LogP contribution in [0, 0.1) is 6.92 Å². The highest BCUT2D eigenvalue weighted by Crippen LogP contribution is 2.17. The number of rotatable bonds is 9. The van der Waals surface area contributed by atoms with Gasteiger partial charge in [-0.3, -0.25) is 14.4 Å². The predicted octanol–water partition coefficient (Wildman–Crippen LogP) is 6.02. The minimum atomic E-state index is -0.270. The summed E-state index contributed by atoms with van der Waals surface area (Å²) in [6.45, 7) is 4.03. The zero-order valence-corrected chi connectivity index (χ0v) is 19.0. The van der Waals surface area contributed by atoms with Gasteiger partial charge in [-0.2, -0.15) is 0 Å². The van der Waals surface area contributed by atoms with Gasteiger partial charge in [-0.25, -0.2) is 0 Å². The van der Waals surface area contributed by atoms with Crippen LogP contribution in [0.5, 0.6) is 0 Å². The topological polar surface area (TPSA) is 87.3 Å². The smallest absolute Gasteiger partial charge is 0.255 e. The molecule has 3 amide bonds. The number of hydrogen-bond donors (Lipinski definition) is 3. The molecule has 3 rings (SSSR count). The van der Waals surface area contributed by atoms with Gasteiger partial charge >= 0.3 is 0 Å². The predicted molar refractivity (Wildman–Crippen MR) is 133 cm³/mol. The summed E-state index contributed by atoms with van der Waals surface area (Å²) in [6, 6.07) is 21.1. The highest BCUT2D eigenvalue weighted by molar-refractivity contribution is 6.06.